The van der Waals surface area contributed by atoms with E-state index in [-0.39, 0.29) is 0 Å². The van der Waals surface area contributed by atoms with E-state index in [0.29, 0.717) is 29.8 Å². The van der Waals surface area contributed by atoms with Crippen LogP contribution in [0.25, 0.3) is 0 Å². The second-order valence-corrected chi connectivity index (χ2v) is 8.12. The van der Waals surface area contributed by atoms with Crippen LogP contribution < -0.4 is 10.5 Å². The minimum absolute atomic E-state index is 0.356. The summed E-state index contributed by atoms with van der Waals surface area (Å²) in [7, 11) is -3.45. The Morgan fingerprint density at radius 1 is 1.24 bits per heavy atom. The fraction of sp³-hybridized carbons (Fsp3) is 0.625. The van der Waals surface area contributed by atoms with Gasteiger partial charge in [-0.05, 0) is 61.3 Å². The van der Waals surface area contributed by atoms with Crippen LogP contribution in [0.1, 0.15) is 42.9 Å². The first-order valence-electron chi connectivity index (χ1n) is 7.63. The zero-order chi connectivity index (χ0) is 15.6. The monoisotopic (exact) mass is 310 g/mol. The van der Waals surface area contributed by atoms with Crippen LogP contribution in [0.4, 0.5) is 0 Å². The van der Waals surface area contributed by atoms with Gasteiger partial charge in [0.2, 0.25) is 10.0 Å². The Morgan fingerprint density at radius 2 is 1.95 bits per heavy atom. The Labute approximate surface area is 128 Å². The summed E-state index contributed by atoms with van der Waals surface area (Å²) < 4.78 is 27.8. The normalized spacial score (nSPS) is 22.7. The van der Waals surface area contributed by atoms with Gasteiger partial charge in [-0.25, -0.2) is 13.1 Å². The van der Waals surface area contributed by atoms with Crippen LogP contribution >= 0.6 is 0 Å². The van der Waals surface area contributed by atoms with Crippen molar-refractivity contribution in [2.24, 2.45) is 17.6 Å². The highest BCUT2D eigenvalue weighted by Crippen LogP contribution is 2.30. The zero-order valence-electron chi connectivity index (χ0n) is 13.1. The second kappa shape index (κ2) is 6.46. The SMILES string of the molecule is Cc1cc(C)c(S(=O)(=O)NCC2CCC(C)C2)cc1CN. The molecule has 0 saturated heterocycles. The predicted molar refractivity (Wildman–Crippen MR) is 85.5 cm³/mol. The molecule has 1 aromatic carbocycles. The molecule has 5 heteroatoms. The van der Waals surface area contributed by atoms with Gasteiger partial charge >= 0.3 is 0 Å². The van der Waals surface area contributed by atoms with Crippen molar-refractivity contribution in [1.82, 2.24) is 4.72 Å². The molecule has 0 bridgehead atoms. The van der Waals surface area contributed by atoms with E-state index >= 15 is 0 Å². The van der Waals surface area contributed by atoms with Crippen LogP contribution in [-0.4, -0.2) is 15.0 Å². The number of hydrogen-bond donors (Lipinski definition) is 2. The molecule has 1 aliphatic carbocycles. The standard InChI is InChI=1S/C16H26N2O2S/c1-11-4-5-14(6-11)10-18-21(19,20)16-8-15(9-17)12(2)7-13(16)3/h7-8,11,14,18H,4-6,9-10,17H2,1-3H3. The first-order valence-corrected chi connectivity index (χ1v) is 9.11. The molecule has 1 aromatic rings. The van der Waals surface area contributed by atoms with E-state index in [9.17, 15) is 8.42 Å². The van der Waals surface area contributed by atoms with Crippen LogP contribution in [0.2, 0.25) is 0 Å². The van der Waals surface area contributed by atoms with Crippen LogP contribution in [-0.2, 0) is 16.6 Å². The fourth-order valence-electron chi connectivity index (χ4n) is 3.20. The lowest BCUT2D eigenvalue weighted by atomic mass is 10.1. The number of benzene rings is 1. The van der Waals surface area contributed by atoms with Crippen LogP contribution in [0.15, 0.2) is 17.0 Å². The van der Waals surface area contributed by atoms with E-state index in [1.54, 1.807) is 6.07 Å². The molecular formula is C16H26N2O2S. The maximum absolute atomic E-state index is 12.5. The van der Waals surface area contributed by atoms with Crippen LogP contribution in [0.3, 0.4) is 0 Å². The minimum atomic E-state index is -3.45. The van der Waals surface area contributed by atoms with Crippen molar-refractivity contribution in [3.8, 4) is 0 Å². The van der Waals surface area contributed by atoms with Crippen molar-refractivity contribution in [1.29, 1.82) is 0 Å². The fourth-order valence-corrected chi connectivity index (χ4v) is 4.59. The molecule has 0 aromatic heterocycles. The van der Waals surface area contributed by atoms with Crippen molar-refractivity contribution < 1.29 is 8.42 Å². The molecule has 1 aliphatic rings. The summed E-state index contributed by atoms with van der Waals surface area (Å²) in [6, 6.07) is 3.61. The molecule has 2 rings (SSSR count). The number of aryl methyl sites for hydroxylation is 2. The van der Waals surface area contributed by atoms with Gasteiger partial charge in [0.25, 0.3) is 0 Å². The van der Waals surface area contributed by atoms with E-state index < -0.39 is 10.0 Å². The first-order chi connectivity index (χ1) is 9.83. The average Bonchev–Trinajstić information content (AvgIpc) is 2.82. The van der Waals surface area contributed by atoms with Gasteiger partial charge in [-0.1, -0.05) is 19.4 Å². The van der Waals surface area contributed by atoms with Gasteiger partial charge in [0, 0.05) is 13.1 Å². The molecule has 0 heterocycles. The lowest BCUT2D eigenvalue weighted by molar-refractivity contribution is 0.498. The van der Waals surface area contributed by atoms with E-state index in [4.69, 9.17) is 5.73 Å². The highest BCUT2D eigenvalue weighted by Gasteiger charge is 2.24. The summed E-state index contributed by atoms with van der Waals surface area (Å²) in [5.74, 6) is 1.18. The van der Waals surface area contributed by atoms with Crippen LogP contribution in [0, 0.1) is 25.7 Å². The second-order valence-electron chi connectivity index (χ2n) is 6.38. The molecule has 21 heavy (non-hydrogen) atoms. The average molecular weight is 310 g/mol. The molecule has 0 spiro atoms. The van der Waals surface area contributed by atoms with Gasteiger partial charge in [0.05, 0.1) is 4.90 Å². The molecule has 4 nitrogen and oxygen atoms in total. The maximum Gasteiger partial charge on any atom is 0.240 e. The summed E-state index contributed by atoms with van der Waals surface area (Å²) in [6.45, 7) is 6.91. The number of hydrogen-bond acceptors (Lipinski definition) is 3. The molecule has 2 unspecified atom stereocenters. The van der Waals surface area contributed by atoms with Gasteiger partial charge < -0.3 is 5.73 Å². The number of sulfonamides is 1. The Hall–Kier alpha value is -0.910. The predicted octanol–water partition coefficient (Wildman–Crippen LogP) is 2.48. The summed E-state index contributed by atoms with van der Waals surface area (Å²) >= 11 is 0. The largest absolute Gasteiger partial charge is 0.326 e. The molecular weight excluding hydrogens is 284 g/mol. The van der Waals surface area contributed by atoms with Crippen molar-refractivity contribution in [2.75, 3.05) is 6.54 Å². The van der Waals surface area contributed by atoms with Crippen molar-refractivity contribution >= 4 is 10.0 Å². The third kappa shape index (κ3) is 3.84. The highest BCUT2D eigenvalue weighted by molar-refractivity contribution is 7.89. The van der Waals surface area contributed by atoms with E-state index in [1.807, 2.05) is 19.9 Å². The minimum Gasteiger partial charge on any atom is -0.326 e. The molecule has 1 saturated carbocycles. The lowest BCUT2D eigenvalue weighted by Crippen LogP contribution is -2.29. The van der Waals surface area contributed by atoms with Gasteiger partial charge in [0.15, 0.2) is 0 Å². The molecule has 1 fully saturated rings. The quantitative estimate of drug-likeness (QED) is 0.877. The Bertz CT molecular complexity index is 611. The summed E-state index contributed by atoms with van der Waals surface area (Å²) in [4.78, 5) is 0.361. The zero-order valence-corrected chi connectivity index (χ0v) is 14.0. The third-order valence-electron chi connectivity index (χ3n) is 4.51. The van der Waals surface area contributed by atoms with E-state index in [0.717, 1.165) is 29.5 Å². The highest BCUT2D eigenvalue weighted by atomic mass is 32.2. The first kappa shape index (κ1) is 16.5. The number of nitrogens with two attached hydrogens (primary N) is 1. The van der Waals surface area contributed by atoms with Gasteiger partial charge in [-0.3, -0.25) is 0 Å². The van der Waals surface area contributed by atoms with E-state index in [2.05, 4.69) is 11.6 Å². The Balaban J connectivity index is 2.15. The number of nitrogens with one attached hydrogen (secondary N) is 1. The molecule has 0 radical (unpaired) electrons. The van der Waals surface area contributed by atoms with Gasteiger partial charge in [-0.15, -0.1) is 0 Å². The van der Waals surface area contributed by atoms with Crippen molar-refractivity contribution in [3.63, 3.8) is 0 Å². The third-order valence-corrected chi connectivity index (χ3v) is 6.07. The summed E-state index contributed by atoms with van der Waals surface area (Å²) in [5, 5.41) is 0. The Morgan fingerprint density at radius 3 is 2.52 bits per heavy atom. The molecule has 0 aliphatic heterocycles. The number of rotatable bonds is 5. The maximum atomic E-state index is 12.5. The van der Waals surface area contributed by atoms with Crippen molar-refractivity contribution in [2.45, 2.75) is 51.5 Å². The molecule has 2 atom stereocenters. The van der Waals surface area contributed by atoms with Crippen LogP contribution in [0.5, 0.6) is 0 Å². The molecule has 3 N–H and O–H groups in total. The van der Waals surface area contributed by atoms with Gasteiger partial charge in [-0.2, -0.15) is 0 Å². The molecule has 118 valence electrons. The summed E-state index contributed by atoms with van der Waals surface area (Å²) in [5.41, 5.74) is 8.39. The van der Waals surface area contributed by atoms with Crippen molar-refractivity contribution in [3.05, 3.63) is 28.8 Å². The molecule has 0 amide bonds. The summed E-state index contributed by atoms with van der Waals surface area (Å²) in [6.07, 6.45) is 3.43. The smallest absolute Gasteiger partial charge is 0.240 e. The topological polar surface area (TPSA) is 72.2 Å². The Kier molecular flexibility index (Phi) is 5.07. The lowest BCUT2D eigenvalue weighted by Gasteiger charge is -2.15. The van der Waals surface area contributed by atoms with E-state index in [1.165, 1.54) is 6.42 Å². The van der Waals surface area contributed by atoms with Gasteiger partial charge in [0.1, 0.15) is 0 Å².